The molecule has 1 aliphatic rings. The lowest BCUT2D eigenvalue weighted by Crippen LogP contribution is -2.41. The zero-order valence-corrected chi connectivity index (χ0v) is 12.8. The van der Waals surface area contributed by atoms with Gasteiger partial charge in [0, 0.05) is 26.9 Å². The molecule has 1 aromatic heterocycles. The minimum atomic E-state index is -0.250. The van der Waals surface area contributed by atoms with Gasteiger partial charge in [-0.15, -0.1) is 0 Å². The van der Waals surface area contributed by atoms with Gasteiger partial charge in [-0.1, -0.05) is 25.9 Å². The zero-order chi connectivity index (χ0) is 14.8. The van der Waals surface area contributed by atoms with Gasteiger partial charge in [-0.3, -0.25) is 0 Å². The molecule has 2 heterocycles. The smallest absolute Gasteiger partial charge is 0.234 e. The first kappa shape index (κ1) is 15.4. The fraction of sp³-hybridized carbons (Fsp3) is 0.857. The molecule has 1 atom stereocenters. The summed E-state index contributed by atoms with van der Waals surface area (Å²) in [5.41, 5.74) is 5.61. The predicted octanol–water partition coefficient (Wildman–Crippen LogP) is 1.81. The Kier molecular flexibility index (Phi) is 4.46. The number of nitrogens with two attached hydrogens (primary N) is 1. The highest BCUT2D eigenvalue weighted by atomic mass is 16.5. The van der Waals surface area contributed by atoms with E-state index in [9.17, 15) is 0 Å². The van der Waals surface area contributed by atoms with Gasteiger partial charge in [-0.05, 0) is 18.3 Å². The maximum absolute atomic E-state index is 5.96. The van der Waals surface area contributed by atoms with Crippen LogP contribution in [0.3, 0.4) is 0 Å². The summed E-state index contributed by atoms with van der Waals surface area (Å²) in [7, 11) is 1.67. The Labute approximate surface area is 120 Å². The topological polar surface area (TPSA) is 83.4 Å². The molecule has 6 heteroatoms. The van der Waals surface area contributed by atoms with E-state index in [2.05, 4.69) is 30.9 Å². The molecule has 0 saturated carbocycles. The number of ether oxygens (including phenoxy) is 2. The Balaban J connectivity index is 2.27. The lowest BCUT2D eigenvalue weighted by molar-refractivity contribution is 0.00718. The van der Waals surface area contributed by atoms with E-state index in [1.165, 1.54) is 0 Å². The van der Waals surface area contributed by atoms with Crippen molar-refractivity contribution in [3.63, 3.8) is 0 Å². The van der Waals surface area contributed by atoms with E-state index < -0.39 is 0 Å². The largest absolute Gasteiger partial charge is 0.381 e. The number of methoxy groups -OCH3 is 1. The third-order valence-corrected chi connectivity index (χ3v) is 3.99. The average molecular weight is 283 g/mol. The third kappa shape index (κ3) is 2.87. The lowest BCUT2D eigenvalue weighted by atomic mass is 9.80. The van der Waals surface area contributed by atoms with Crippen LogP contribution in [0.5, 0.6) is 0 Å². The second-order valence-corrected chi connectivity index (χ2v) is 6.54. The number of nitrogens with zero attached hydrogens (tertiary/aromatic N) is 2. The number of hydrogen-bond acceptors (Lipinski definition) is 6. The molecule has 1 fully saturated rings. The fourth-order valence-electron chi connectivity index (χ4n) is 2.67. The molecule has 0 aromatic carbocycles. The van der Waals surface area contributed by atoms with E-state index in [-0.39, 0.29) is 16.9 Å². The first-order chi connectivity index (χ1) is 9.43. The molecule has 0 amide bonds. The highest BCUT2D eigenvalue weighted by Gasteiger charge is 2.40. The van der Waals surface area contributed by atoms with Crippen molar-refractivity contribution in [1.82, 2.24) is 10.1 Å². The molecule has 0 aliphatic carbocycles. The maximum Gasteiger partial charge on any atom is 0.234 e. The fourth-order valence-corrected chi connectivity index (χ4v) is 2.67. The molecule has 114 valence electrons. The van der Waals surface area contributed by atoms with Crippen molar-refractivity contribution in [1.29, 1.82) is 0 Å². The SMILES string of the molecule is COC(c1noc(C2(CN)CCOCC2)n1)C(C)(C)C. The van der Waals surface area contributed by atoms with Crippen LogP contribution < -0.4 is 5.73 Å². The summed E-state index contributed by atoms with van der Waals surface area (Å²) in [6.45, 7) is 8.12. The summed E-state index contributed by atoms with van der Waals surface area (Å²) in [6, 6.07) is 0. The molecule has 2 rings (SSSR count). The van der Waals surface area contributed by atoms with Gasteiger partial charge in [0.05, 0.1) is 5.41 Å². The Morgan fingerprint density at radius 2 is 2.00 bits per heavy atom. The first-order valence-corrected chi connectivity index (χ1v) is 7.08. The molecule has 0 spiro atoms. The monoisotopic (exact) mass is 283 g/mol. The van der Waals surface area contributed by atoms with Gasteiger partial charge in [0.1, 0.15) is 6.10 Å². The molecular weight excluding hydrogens is 258 g/mol. The molecule has 20 heavy (non-hydrogen) atoms. The Morgan fingerprint density at radius 1 is 1.35 bits per heavy atom. The summed E-state index contributed by atoms with van der Waals surface area (Å²) >= 11 is 0. The minimum Gasteiger partial charge on any atom is -0.381 e. The standard InChI is InChI=1S/C14H25N3O3/c1-13(2,3)10(18-4)11-16-12(20-17-11)14(9-15)5-7-19-8-6-14/h10H,5-9,15H2,1-4H3. The highest BCUT2D eigenvalue weighted by Crippen LogP contribution is 2.37. The van der Waals surface area contributed by atoms with Crippen LogP contribution in [0.25, 0.3) is 0 Å². The highest BCUT2D eigenvalue weighted by molar-refractivity contribution is 5.09. The molecule has 1 aromatic rings. The Bertz CT molecular complexity index is 433. The quantitative estimate of drug-likeness (QED) is 0.907. The van der Waals surface area contributed by atoms with Crippen LogP contribution in [-0.2, 0) is 14.9 Å². The first-order valence-electron chi connectivity index (χ1n) is 7.08. The molecule has 0 radical (unpaired) electrons. The predicted molar refractivity (Wildman–Crippen MR) is 74.3 cm³/mol. The number of aromatic nitrogens is 2. The maximum atomic E-state index is 5.96. The second kappa shape index (κ2) is 5.79. The second-order valence-electron chi connectivity index (χ2n) is 6.54. The van der Waals surface area contributed by atoms with Gasteiger partial charge in [0.2, 0.25) is 11.7 Å². The van der Waals surface area contributed by atoms with Crippen molar-refractivity contribution < 1.29 is 14.0 Å². The van der Waals surface area contributed by atoms with Crippen molar-refractivity contribution in [2.24, 2.45) is 11.1 Å². The molecule has 0 bridgehead atoms. The van der Waals surface area contributed by atoms with E-state index >= 15 is 0 Å². The summed E-state index contributed by atoms with van der Waals surface area (Å²) in [6.07, 6.45) is 1.44. The van der Waals surface area contributed by atoms with E-state index in [1.54, 1.807) is 7.11 Å². The van der Waals surface area contributed by atoms with Gasteiger partial charge < -0.3 is 19.7 Å². The minimum absolute atomic E-state index is 0.0958. The van der Waals surface area contributed by atoms with Crippen molar-refractivity contribution >= 4 is 0 Å². The van der Waals surface area contributed by atoms with Gasteiger partial charge in [0.25, 0.3) is 0 Å². The van der Waals surface area contributed by atoms with E-state index in [4.69, 9.17) is 19.7 Å². The van der Waals surface area contributed by atoms with Gasteiger partial charge in [-0.2, -0.15) is 4.98 Å². The number of rotatable bonds is 4. The van der Waals surface area contributed by atoms with Crippen LogP contribution in [0.1, 0.15) is 51.4 Å². The summed E-state index contributed by atoms with van der Waals surface area (Å²) in [5, 5.41) is 4.11. The summed E-state index contributed by atoms with van der Waals surface area (Å²) in [4.78, 5) is 4.58. The van der Waals surface area contributed by atoms with Crippen LogP contribution in [-0.4, -0.2) is 37.0 Å². The van der Waals surface area contributed by atoms with Crippen molar-refractivity contribution in [2.75, 3.05) is 26.9 Å². The molecule has 1 aliphatic heterocycles. The summed E-state index contributed by atoms with van der Waals surface area (Å²) < 4.78 is 16.4. The lowest BCUT2D eigenvalue weighted by Gasteiger charge is -2.32. The zero-order valence-electron chi connectivity index (χ0n) is 12.8. The van der Waals surface area contributed by atoms with E-state index in [0.717, 1.165) is 12.8 Å². The van der Waals surface area contributed by atoms with Crippen LogP contribution in [0.2, 0.25) is 0 Å². The van der Waals surface area contributed by atoms with Crippen molar-refractivity contribution in [3.05, 3.63) is 11.7 Å². The van der Waals surface area contributed by atoms with Gasteiger partial charge >= 0.3 is 0 Å². The molecule has 1 saturated heterocycles. The summed E-state index contributed by atoms with van der Waals surface area (Å²) in [5.74, 6) is 1.21. The van der Waals surface area contributed by atoms with Crippen LogP contribution in [0.4, 0.5) is 0 Å². The van der Waals surface area contributed by atoms with Crippen molar-refractivity contribution in [2.45, 2.75) is 45.1 Å². The van der Waals surface area contributed by atoms with E-state index in [1.807, 2.05) is 0 Å². The van der Waals surface area contributed by atoms with Crippen molar-refractivity contribution in [3.8, 4) is 0 Å². The molecule has 2 N–H and O–H groups in total. The van der Waals surface area contributed by atoms with Gasteiger partial charge in [-0.25, -0.2) is 0 Å². The Morgan fingerprint density at radius 3 is 2.50 bits per heavy atom. The van der Waals surface area contributed by atoms with Gasteiger partial charge in [0.15, 0.2) is 0 Å². The number of hydrogen-bond donors (Lipinski definition) is 1. The average Bonchev–Trinajstić information content (AvgIpc) is 2.88. The molecular formula is C14H25N3O3. The molecule has 6 nitrogen and oxygen atoms in total. The van der Waals surface area contributed by atoms with Crippen LogP contribution in [0.15, 0.2) is 4.52 Å². The molecule has 1 unspecified atom stereocenters. The van der Waals surface area contributed by atoms with Crippen LogP contribution in [0, 0.1) is 5.41 Å². The normalized spacial score (nSPS) is 20.9. The Hall–Kier alpha value is -0.980. The van der Waals surface area contributed by atoms with Crippen LogP contribution >= 0.6 is 0 Å². The van der Waals surface area contributed by atoms with E-state index in [0.29, 0.717) is 31.5 Å². The third-order valence-electron chi connectivity index (χ3n) is 3.99.